The van der Waals surface area contributed by atoms with Crippen LogP contribution in [-0.2, 0) is 57.7 Å². The summed E-state index contributed by atoms with van der Waals surface area (Å²) in [6.07, 6.45) is -3.63. The highest BCUT2D eigenvalue weighted by Gasteiger charge is 2.72. The first-order valence-electron chi connectivity index (χ1n) is 13.2. The van der Waals surface area contributed by atoms with Crippen LogP contribution in [0.3, 0.4) is 0 Å². The van der Waals surface area contributed by atoms with E-state index in [1.54, 1.807) is 6.92 Å². The number of fused-ring (bicyclic) bond motifs is 1. The van der Waals surface area contributed by atoms with Crippen molar-refractivity contribution < 1.29 is 69.4 Å². The van der Waals surface area contributed by atoms with E-state index in [-0.39, 0.29) is 6.10 Å². The van der Waals surface area contributed by atoms with Crippen molar-refractivity contribution >= 4 is 34.0 Å². The highest BCUT2D eigenvalue weighted by atomic mass is 32.2. The largest absolute Gasteiger partial charge is 0.455 e. The van der Waals surface area contributed by atoms with Crippen molar-refractivity contribution in [1.82, 2.24) is 0 Å². The third kappa shape index (κ3) is 6.09. The number of esters is 4. The first-order valence-corrected chi connectivity index (χ1v) is 14.6. The van der Waals surface area contributed by atoms with Crippen molar-refractivity contribution in [2.75, 3.05) is 0 Å². The molecule has 1 saturated carbocycles. The average Bonchev–Trinajstić information content (AvgIpc) is 3.51. The Kier molecular flexibility index (Phi) is 9.02. The normalized spacial score (nSPS) is 31.4. The lowest BCUT2D eigenvalue weighted by atomic mass is 9.78. The first-order chi connectivity index (χ1) is 18.7. The molecule has 3 aliphatic heterocycles. The van der Waals surface area contributed by atoms with E-state index in [2.05, 4.69) is 4.74 Å². The van der Waals surface area contributed by atoms with Gasteiger partial charge in [-0.1, -0.05) is 26.2 Å². The van der Waals surface area contributed by atoms with Gasteiger partial charge in [0.25, 0.3) is 0 Å². The first kappa shape index (κ1) is 30.5. The molecule has 40 heavy (non-hydrogen) atoms. The van der Waals surface area contributed by atoms with Crippen LogP contribution in [0, 0.1) is 11.8 Å². The van der Waals surface area contributed by atoms with Gasteiger partial charge in [0, 0.05) is 6.42 Å². The minimum Gasteiger partial charge on any atom is -0.455 e. The van der Waals surface area contributed by atoms with Crippen LogP contribution in [0.25, 0.3) is 0 Å². The summed E-state index contributed by atoms with van der Waals surface area (Å²) in [6, 6.07) is 0. The fourth-order valence-corrected chi connectivity index (χ4v) is 5.99. The Bertz CT molecular complexity index is 1110. The minimum absolute atomic E-state index is 0.0359. The molecule has 4 fully saturated rings. The second-order valence-electron chi connectivity index (χ2n) is 10.3. The van der Waals surface area contributed by atoms with Crippen molar-refractivity contribution in [3.63, 3.8) is 0 Å². The van der Waals surface area contributed by atoms with Gasteiger partial charge in [-0.2, -0.15) is 17.2 Å². The number of rotatable bonds is 12. The van der Waals surface area contributed by atoms with Crippen molar-refractivity contribution in [2.24, 2.45) is 11.8 Å². The molecule has 4 aliphatic rings. The van der Waals surface area contributed by atoms with Crippen LogP contribution in [0.2, 0.25) is 0 Å². The van der Waals surface area contributed by atoms with Crippen LogP contribution in [0.1, 0.15) is 65.2 Å². The molecule has 0 aromatic rings. The molecule has 0 radical (unpaired) electrons. The van der Waals surface area contributed by atoms with E-state index < -0.39 is 101 Å². The van der Waals surface area contributed by atoms with Gasteiger partial charge in [0.2, 0.25) is 6.29 Å². The molecule has 3 heterocycles. The van der Waals surface area contributed by atoms with Gasteiger partial charge < -0.3 is 28.4 Å². The van der Waals surface area contributed by atoms with Crippen molar-refractivity contribution in [3.8, 4) is 0 Å². The zero-order chi connectivity index (χ0) is 29.4. The SMILES string of the molecule is CCC(OC(=O)C1C2OC3C(OC(=O)C31)C2OC(=O)CCC(=O)OC(C)C(F)(F)S(=O)(=O)O)OC1CCCCC1. The summed E-state index contributed by atoms with van der Waals surface area (Å²) in [5, 5.41) is -4.76. The molecule has 4 rings (SSSR count). The quantitative estimate of drug-likeness (QED) is 0.149. The highest BCUT2D eigenvalue weighted by molar-refractivity contribution is 7.86. The maximum absolute atomic E-state index is 13.6. The van der Waals surface area contributed by atoms with E-state index in [9.17, 15) is 36.4 Å². The van der Waals surface area contributed by atoms with Gasteiger partial charge in [-0.05, 0) is 19.8 Å². The molecule has 0 amide bonds. The standard InChI is InChI=1S/C24H32F2O13S/c1-3-15(35-12-7-5-4-6-8-12)37-22(29)16-17-19-21(39-23(17)30)20(18(16)38-19)36-14(28)10-9-13(27)34-11(2)24(25,26)40(31,32)33/h11-12,15-21H,3-10H2,1-2H3,(H,31,32,33). The summed E-state index contributed by atoms with van der Waals surface area (Å²) in [7, 11) is -5.84. The smallest absolute Gasteiger partial charge is 0.405 e. The predicted molar refractivity (Wildman–Crippen MR) is 125 cm³/mol. The molecule has 3 saturated heterocycles. The molecule has 13 nitrogen and oxygen atoms in total. The maximum Gasteiger partial charge on any atom is 0.405 e. The van der Waals surface area contributed by atoms with Crippen LogP contribution in [-0.4, -0.2) is 85.0 Å². The second kappa shape index (κ2) is 11.8. The number of alkyl halides is 2. The van der Waals surface area contributed by atoms with Crippen LogP contribution < -0.4 is 0 Å². The second-order valence-corrected chi connectivity index (χ2v) is 11.8. The zero-order valence-electron chi connectivity index (χ0n) is 21.9. The number of halogens is 2. The fraction of sp³-hybridized carbons (Fsp3) is 0.833. The number of hydrogen-bond acceptors (Lipinski definition) is 12. The molecule has 16 heteroatoms. The van der Waals surface area contributed by atoms with E-state index in [1.807, 2.05) is 0 Å². The third-order valence-corrected chi connectivity index (χ3v) is 8.60. The Hall–Kier alpha value is -2.43. The van der Waals surface area contributed by atoms with Crippen LogP contribution >= 0.6 is 0 Å². The molecule has 8 atom stereocenters. The van der Waals surface area contributed by atoms with E-state index >= 15 is 0 Å². The highest BCUT2D eigenvalue weighted by Crippen LogP contribution is 2.51. The van der Waals surface area contributed by atoms with Crippen molar-refractivity contribution in [3.05, 3.63) is 0 Å². The Morgan fingerprint density at radius 1 is 1.05 bits per heavy atom. The van der Waals surface area contributed by atoms with Gasteiger partial charge in [-0.3, -0.25) is 23.7 Å². The molecular formula is C24H32F2O13S. The molecule has 0 spiro atoms. The molecule has 226 valence electrons. The van der Waals surface area contributed by atoms with Crippen LogP contribution in [0.5, 0.6) is 0 Å². The fourth-order valence-electron chi connectivity index (χ4n) is 5.52. The van der Waals surface area contributed by atoms with Gasteiger partial charge in [-0.15, -0.1) is 0 Å². The summed E-state index contributed by atoms with van der Waals surface area (Å²) in [4.78, 5) is 50.0. The molecule has 2 bridgehead atoms. The summed E-state index contributed by atoms with van der Waals surface area (Å²) in [5.41, 5.74) is 0. The monoisotopic (exact) mass is 598 g/mol. The molecule has 0 aromatic carbocycles. The van der Waals surface area contributed by atoms with Crippen molar-refractivity contribution in [1.29, 1.82) is 0 Å². The molecule has 1 aliphatic carbocycles. The molecule has 1 N–H and O–H groups in total. The van der Waals surface area contributed by atoms with Gasteiger partial charge in [0.05, 0.1) is 18.9 Å². The average molecular weight is 599 g/mol. The Morgan fingerprint density at radius 2 is 1.70 bits per heavy atom. The molecule has 0 aromatic heterocycles. The summed E-state index contributed by atoms with van der Waals surface area (Å²) in [5.74, 6) is -5.87. The van der Waals surface area contributed by atoms with E-state index in [1.165, 1.54) is 0 Å². The number of hydrogen-bond donors (Lipinski definition) is 1. The topological polar surface area (TPSA) is 178 Å². The number of carbonyl (C=O) groups is 4. The van der Waals surface area contributed by atoms with Crippen molar-refractivity contribution in [2.45, 2.75) is 113 Å². The lowest BCUT2D eigenvalue weighted by Crippen LogP contribution is -2.48. The van der Waals surface area contributed by atoms with Gasteiger partial charge in [0.15, 0.2) is 18.3 Å². The third-order valence-electron chi connectivity index (χ3n) is 7.58. The summed E-state index contributed by atoms with van der Waals surface area (Å²) in [6.45, 7) is 2.35. The van der Waals surface area contributed by atoms with E-state index in [0.717, 1.165) is 32.1 Å². The Balaban J connectivity index is 1.33. The van der Waals surface area contributed by atoms with E-state index in [0.29, 0.717) is 13.3 Å². The lowest BCUT2D eigenvalue weighted by molar-refractivity contribution is -0.201. The maximum atomic E-state index is 13.6. The summed E-state index contributed by atoms with van der Waals surface area (Å²) < 4.78 is 89.6. The molecular weight excluding hydrogens is 566 g/mol. The summed E-state index contributed by atoms with van der Waals surface area (Å²) >= 11 is 0. The minimum atomic E-state index is -5.84. The Labute approximate surface area is 228 Å². The van der Waals surface area contributed by atoms with Gasteiger partial charge >= 0.3 is 39.2 Å². The number of ether oxygens (including phenoxy) is 6. The van der Waals surface area contributed by atoms with Gasteiger partial charge in [-0.25, -0.2) is 0 Å². The van der Waals surface area contributed by atoms with E-state index in [4.69, 9.17) is 28.2 Å². The van der Waals surface area contributed by atoms with Crippen LogP contribution in [0.4, 0.5) is 8.78 Å². The molecule has 8 unspecified atom stereocenters. The van der Waals surface area contributed by atoms with Crippen LogP contribution in [0.15, 0.2) is 0 Å². The number of carbonyl (C=O) groups excluding carboxylic acids is 4. The van der Waals surface area contributed by atoms with Gasteiger partial charge in [0.1, 0.15) is 24.0 Å². The Morgan fingerprint density at radius 3 is 2.33 bits per heavy atom. The zero-order valence-corrected chi connectivity index (χ0v) is 22.7. The lowest BCUT2D eigenvalue weighted by Gasteiger charge is -2.30. The predicted octanol–water partition coefficient (Wildman–Crippen LogP) is 1.66.